The molecule has 0 spiro atoms. The fourth-order valence-corrected chi connectivity index (χ4v) is 8.56. The number of fused-ring (bicyclic) bond motifs is 5. The Balaban J connectivity index is 1.38. The van der Waals surface area contributed by atoms with Crippen LogP contribution in [-0.4, -0.2) is 17.8 Å². The van der Waals surface area contributed by atoms with Crippen LogP contribution in [-0.2, 0) is 10.3 Å². The van der Waals surface area contributed by atoms with Gasteiger partial charge in [-0.2, -0.15) is 0 Å². The zero-order valence-electron chi connectivity index (χ0n) is 18.2. The first kappa shape index (κ1) is 19.9. The highest BCUT2D eigenvalue weighted by Gasteiger charge is 2.65. The van der Waals surface area contributed by atoms with Gasteiger partial charge in [0, 0.05) is 11.0 Å². The molecule has 0 amide bonds. The maximum atomic E-state index is 11.8. The van der Waals surface area contributed by atoms with E-state index in [0.29, 0.717) is 24.0 Å². The molecule has 1 heterocycles. The van der Waals surface area contributed by atoms with Gasteiger partial charge in [0.05, 0.1) is 30.8 Å². The minimum Gasteiger partial charge on any atom is -0.472 e. The molecule has 29 heavy (non-hydrogen) atoms. The van der Waals surface area contributed by atoms with Crippen LogP contribution in [0.25, 0.3) is 0 Å². The summed E-state index contributed by atoms with van der Waals surface area (Å²) in [6.07, 6.45) is 16.7. The van der Waals surface area contributed by atoms with Crippen molar-refractivity contribution in [1.29, 1.82) is 0 Å². The number of ether oxygens (including phenoxy) is 1. The first-order chi connectivity index (χ1) is 13.9. The highest BCUT2D eigenvalue weighted by molar-refractivity contribution is 5.26. The van der Waals surface area contributed by atoms with Gasteiger partial charge >= 0.3 is 0 Å². The fourth-order valence-electron chi connectivity index (χ4n) is 8.56. The molecule has 3 nitrogen and oxygen atoms in total. The molecule has 5 rings (SSSR count). The van der Waals surface area contributed by atoms with Crippen LogP contribution in [0.4, 0.5) is 0 Å². The predicted octanol–water partition coefficient (Wildman–Crippen LogP) is 6.08. The molecule has 160 valence electrons. The predicted molar refractivity (Wildman–Crippen MR) is 114 cm³/mol. The molecule has 4 aliphatic rings. The van der Waals surface area contributed by atoms with Crippen LogP contribution >= 0.6 is 0 Å². The van der Waals surface area contributed by atoms with Crippen molar-refractivity contribution in [2.75, 3.05) is 6.61 Å². The molecule has 4 saturated carbocycles. The van der Waals surface area contributed by atoms with E-state index in [1.165, 1.54) is 38.5 Å². The Labute approximate surface area is 175 Å². The Morgan fingerprint density at radius 2 is 1.97 bits per heavy atom. The Bertz CT molecular complexity index is 741. The smallest absolute Gasteiger partial charge is 0.0983 e. The lowest BCUT2D eigenvalue weighted by Crippen LogP contribution is -2.56. The van der Waals surface area contributed by atoms with Crippen LogP contribution in [0.3, 0.4) is 0 Å². The van der Waals surface area contributed by atoms with Crippen molar-refractivity contribution in [1.82, 2.24) is 0 Å². The fraction of sp³-hybridized carbons (Fsp3) is 0.769. The average molecular weight is 399 g/mol. The topological polar surface area (TPSA) is 42.6 Å². The van der Waals surface area contributed by atoms with Gasteiger partial charge in [-0.3, -0.25) is 0 Å². The SMILES string of the molecule is C=CCOC1CC[C@@]2(C)C(CC[C@@H]3[C@H]2CC[C@@]2(C)[C@H]3CCC2(O)c2ccoc2)C1. The molecule has 0 radical (unpaired) electrons. The summed E-state index contributed by atoms with van der Waals surface area (Å²) >= 11 is 0. The summed E-state index contributed by atoms with van der Waals surface area (Å²) < 4.78 is 11.4. The largest absolute Gasteiger partial charge is 0.472 e. The van der Waals surface area contributed by atoms with Crippen molar-refractivity contribution >= 4 is 0 Å². The van der Waals surface area contributed by atoms with E-state index in [0.717, 1.165) is 42.6 Å². The monoisotopic (exact) mass is 398 g/mol. The summed E-state index contributed by atoms with van der Waals surface area (Å²) in [7, 11) is 0. The first-order valence-corrected chi connectivity index (χ1v) is 11.9. The van der Waals surface area contributed by atoms with Gasteiger partial charge in [-0.25, -0.2) is 0 Å². The highest BCUT2D eigenvalue weighted by atomic mass is 16.5. The molecule has 1 aromatic heterocycles. The lowest BCUT2D eigenvalue weighted by Gasteiger charge is -2.61. The summed E-state index contributed by atoms with van der Waals surface area (Å²) in [5.74, 6) is 3.01. The lowest BCUT2D eigenvalue weighted by atomic mass is 9.44. The minimum atomic E-state index is -0.719. The molecule has 0 aromatic carbocycles. The molecule has 0 aliphatic heterocycles. The molecule has 0 bridgehead atoms. The van der Waals surface area contributed by atoms with E-state index in [2.05, 4.69) is 20.4 Å². The highest BCUT2D eigenvalue weighted by Crippen LogP contribution is 2.70. The van der Waals surface area contributed by atoms with Gasteiger partial charge in [0.15, 0.2) is 0 Å². The molecule has 1 aromatic rings. The quantitative estimate of drug-likeness (QED) is 0.625. The zero-order chi connectivity index (χ0) is 20.3. The van der Waals surface area contributed by atoms with Crippen LogP contribution < -0.4 is 0 Å². The average Bonchev–Trinajstić information content (AvgIpc) is 3.34. The molecule has 0 saturated heterocycles. The standard InChI is InChI=1S/C26H38O3/c1-4-14-29-20-7-11-24(2)18(16-20)5-6-21-22(24)8-12-25(3)23(21)9-13-26(25,27)19-10-15-28-17-19/h4,10,15,17-18,20-23,27H,1,5-9,11-14,16H2,2-3H3/t18?,20?,21-,22-,23+,24+,25+,26?/m1/s1. The third-order valence-electron chi connectivity index (χ3n) is 10.2. The van der Waals surface area contributed by atoms with E-state index >= 15 is 0 Å². The van der Waals surface area contributed by atoms with E-state index < -0.39 is 5.60 Å². The van der Waals surface area contributed by atoms with E-state index in [1.807, 2.05) is 12.1 Å². The molecule has 3 heteroatoms. The van der Waals surface area contributed by atoms with Gasteiger partial charge in [0.2, 0.25) is 0 Å². The summed E-state index contributed by atoms with van der Waals surface area (Å²) in [6.45, 7) is 9.47. The second-order valence-corrected chi connectivity index (χ2v) is 11.0. The zero-order valence-corrected chi connectivity index (χ0v) is 18.2. The van der Waals surface area contributed by atoms with Gasteiger partial charge in [-0.1, -0.05) is 19.9 Å². The molecule has 4 aliphatic carbocycles. The summed E-state index contributed by atoms with van der Waals surface area (Å²) in [5, 5.41) is 11.8. The molecular formula is C26H38O3. The van der Waals surface area contributed by atoms with Gasteiger partial charge in [-0.15, -0.1) is 6.58 Å². The normalized spacial score (nSPS) is 49.1. The van der Waals surface area contributed by atoms with Gasteiger partial charge in [-0.05, 0) is 92.9 Å². The second kappa shape index (κ2) is 6.99. The van der Waals surface area contributed by atoms with Crippen LogP contribution in [0.15, 0.2) is 35.7 Å². The van der Waals surface area contributed by atoms with Crippen LogP contribution in [0, 0.1) is 34.5 Å². The van der Waals surface area contributed by atoms with Crippen molar-refractivity contribution in [3.05, 3.63) is 36.8 Å². The summed E-state index contributed by atoms with van der Waals surface area (Å²) in [5.41, 5.74) is 0.713. The van der Waals surface area contributed by atoms with Crippen molar-refractivity contribution < 1.29 is 14.3 Å². The van der Waals surface area contributed by atoms with Crippen molar-refractivity contribution in [2.45, 2.75) is 83.3 Å². The summed E-state index contributed by atoms with van der Waals surface area (Å²) in [6, 6.07) is 1.99. The Hall–Kier alpha value is -1.06. The van der Waals surface area contributed by atoms with Crippen molar-refractivity contribution in [3.63, 3.8) is 0 Å². The number of hydrogen-bond donors (Lipinski definition) is 1. The number of hydrogen-bond acceptors (Lipinski definition) is 3. The van der Waals surface area contributed by atoms with Crippen LogP contribution in [0.2, 0.25) is 0 Å². The van der Waals surface area contributed by atoms with Crippen LogP contribution in [0.5, 0.6) is 0 Å². The third kappa shape index (κ3) is 2.76. The number of rotatable bonds is 4. The number of furan rings is 1. The molecule has 3 unspecified atom stereocenters. The molecule has 8 atom stereocenters. The van der Waals surface area contributed by atoms with Crippen molar-refractivity contribution in [2.24, 2.45) is 34.5 Å². The van der Waals surface area contributed by atoms with E-state index in [4.69, 9.17) is 9.15 Å². The van der Waals surface area contributed by atoms with Crippen LogP contribution in [0.1, 0.15) is 77.2 Å². The number of aliphatic hydroxyl groups is 1. The van der Waals surface area contributed by atoms with E-state index in [-0.39, 0.29) is 5.41 Å². The molecule has 4 fully saturated rings. The van der Waals surface area contributed by atoms with Gasteiger partial charge in [0.1, 0.15) is 0 Å². The minimum absolute atomic E-state index is 0.0223. The van der Waals surface area contributed by atoms with Gasteiger partial charge < -0.3 is 14.3 Å². The Morgan fingerprint density at radius 3 is 2.72 bits per heavy atom. The maximum Gasteiger partial charge on any atom is 0.0983 e. The van der Waals surface area contributed by atoms with Crippen molar-refractivity contribution in [3.8, 4) is 0 Å². The first-order valence-electron chi connectivity index (χ1n) is 11.9. The summed E-state index contributed by atoms with van der Waals surface area (Å²) in [4.78, 5) is 0. The van der Waals surface area contributed by atoms with Gasteiger partial charge in [0.25, 0.3) is 0 Å². The van der Waals surface area contributed by atoms with E-state index in [1.54, 1.807) is 12.5 Å². The van der Waals surface area contributed by atoms with E-state index in [9.17, 15) is 5.11 Å². The maximum absolute atomic E-state index is 11.8. The lowest BCUT2D eigenvalue weighted by molar-refractivity contribution is -0.164. The Morgan fingerprint density at radius 1 is 1.14 bits per heavy atom. The second-order valence-electron chi connectivity index (χ2n) is 11.0. The molecular weight excluding hydrogens is 360 g/mol. The Kier molecular flexibility index (Phi) is 4.79. The molecule has 1 N–H and O–H groups in total. The third-order valence-corrected chi connectivity index (χ3v) is 10.2.